The van der Waals surface area contributed by atoms with Crippen LogP contribution in [0.5, 0.6) is 17.2 Å². The lowest BCUT2D eigenvalue weighted by Gasteiger charge is -2.11. The molecule has 0 spiro atoms. The fourth-order valence-corrected chi connectivity index (χ4v) is 3.71. The zero-order valence-corrected chi connectivity index (χ0v) is 18.5. The molecule has 0 unspecified atom stereocenters. The van der Waals surface area contributed by atoms with E-state index in [4.69, 9.17) is 14.2 Å². The zero-order chi connectivity index (χ0) is 22.5. The van der Waals surface area contributed by atoms with Crippen LogP contribution >= 0.6 is 11.8 Å². The molecule has 0 saturated heterocycles. The van der Waals surface area contributed by atoms with Crippen LogP contribution in [-0.2, 0) is 4.79 Å². The van der Waals surface area contributed by atoms with Crippen molar-refractivity contribution in [1.82, 2.24) is 19.8 Å². The zero-order valence-electron chi connectivity index (χ0n) is 17.7. The number of ether oxygens (including phenoxy) is 3. The Morgan fingerprint density at radius 2 is 1.78 bits per heavy atom. The largest absolute Gasteiger partial charge is 0.497 e. The van der Waals surface area contributed by atoms with E-state index in [2.05, 4.69) is 20.6 Å². The van der Waals surface area contributed by atoms with Gasteiger partial charge in [-0.3, -0.25) is 4.79 Å². The highest BCUT2D eigenvalue weighted by molar-refractivity contribution is 7.99. The van der Waals surface area contributed by atoms with Crippen LogP contribution in [0.25, 0.3) is 16.9 Å². The number of fused-ring (bicyclic) bond motifs is 1. The van der Waals surface area contributed by atoms with E-state index in [1.54, 1.807) is 44.0 Å². The second-order valence-corrected chi connectivity index (χ2v) is 7.55. The standard InChI is InChI=1S/C22H21N5O4S/c1-29-15-6-4-5-14(11-15)17-8-10-20-24-25-22(27(20)26-17)32-13-21(28)23-18-12-16(30-2)7-9-19(18)31-3/h4-12H,13H2,1-3H3,(H,23,28). The molecule has 0 aliphatic heterocycles. The second kappa shape index (κ2) is 9.56. The van der Waals surface area contributed by atoms with Gasteiger partial charge < -0.3 is 19.5 Å². The van der Waals surface area contributed by atoms with Gasteiger partial charge >= 0.3 is 0 Å². The molecular weight excluding hydrogens is 430 g/mol. The highest BCUT2D eigenvalue weighted by Crippen LogP contribution is 2.29. The average Bonchev–Trinajstić information content (AvgIpc) is 3.25. The Labute approximate surface area is 188 Å². The summed E-state index contributed by atoms with van der Waals surface area (Å²) in [5, 5.41) is 16.3. The third-order valence-corrected chi connectivity index (χ3v) is 5.53. The maximum atomic E-state index is 12.6. The number of anilines is 1. The molecule has 0 aliphatic carbocycles. The molecule has 0 aliphatic rings. The Kier molecular flexibility index (Phi) is 6.41. The summed E-state index contributed by atoms with van der Waals surface area (Å²) < 4.78 is 17.4. The highest BCUT2D eigenvalue weighted by atomic mass is 32.2. The topological polar surface area (TPSA) is 99.9 Å². The van der Waals surface area contributed by atoms with Crippen molar-refractivity contribution in [1.29, 1.82) is 0 Å². The predicted octanol–water partition coefficient (Wildman–Crippen LogP) is 3.55. The number of benzene rings is 2. The van der Waals surface area contributed by atoms with Crippen LogP contribution in [0.2, 0.25) is 0 Å². The van der Waals surface area contributed by atoms with Gasteiger partial charge in [0.15, 0.2) is 5.65 Å². The Hall–Kier alpha value is -3.79. The molecular formula is C22H21N5O4S. The molecule has 10 heteroatoms. The summed E-state index contributed by atoms with van der Waals surface area (Å²) in [6.45, 7) is 0. The molecule has 9 nitrogen and oxygen atoms in total. The lowest BCUT2D eigenvalue weighted by atomic mass is 10.1. The fourth-order valence-electron chi connectivity index (χ4n) is 3.02. The molecule has 0 bridgehead atoms. The molecule has 4 rings (SSSR count). The van der Waals surface area contributed by atoms with Crippen molar-refractivity contribution >= 4 is 29.0 Å². The van der Waals surface area contributed by atoms with Gasteiger partial charge in [-0.25, -0.2) is 0 Å². The summed E-state index contributed by atoms with van der Waals surface area (Å²) >= 11 is 1.24. The molecule has 1 N–H and O–H groups in total. The number of methoxy groups -OCH3 is 3. The number of carbonyl (C=O) groups excluding carboxylic acids is 1. The van der Waals surface area contributed by atoms with Gasteiger partial charge in [0.25, 0.3) is 0 Å². The number of hydrogen-bond acceptors (Lipinski definition) is 8. The van der Waals surface area contributed by atoms with Crippen molar-refractivity contribution in [2.45, 2.75) is 5.16 Å². The number of carbonyl (C=O) groups is 1. The Morgan fingerprint density at radius 1 is 0.969 bits per heavy atom. The Balaban J connectivity index is 1.50. The highest BCUT2D eigenvalue weighted by Gasteiger charge is 2.14. The molecule has 2 aromatic carbocycles. The summed E-state index contributed by atoms with van der Waals surface area (Å²) in [4.78, 5) is 12.6. The summed E-state index contributed by atoms with van der Waals surface area (Å²) in [7, 11) is 4.73. The average molecular weight is 452 g/mol. The molecule has 0 radical (unpaired) electrons. The summed E-state index contributed by atoms with van der Waals surface area (Å²) in [5.74, 6) is 1.80. The first kappa shape index (κ1) is 21.4. The first-order valence-electron chi connectivity index (χ1n) is 9.63. The first-order chi connectivity index (χ1) is 15.6. The predicted molar refractivity (Wildman–Crippen MR) is 122 cm³/mol. The van der Waals surface area contributed by atoms with Crippen LogP contribution in [0.4, 0.5) is 5.69 Å². The molecule has 0 atom stereocenters. The van der Waals surface area contributed by atoms with E-state index in [0.717, 1.165) is 17.0 Å². The van der Waals surface area contributed by atoms with Crippen LogP contribution in [0.1, 0.15) is 0 Å². The lowest BCUT2D eigenvalue weighted by Crippen LogP contribution is -2.15. The maximum absolute atomic E-state index is 12.6. The fraction of sp³-hybridized carbons (Fsp3) is 0.182. The number of rotatable bonds is 8. The second-order valence-electron chi connectivity index (χ2n) is 6.61. The minimum atomic E-state index is -0.220. The number of nitrogens with zero attached hydrogens (tertiary/aromatic N) is 4. The van der Waals surface area contributed by atoms with Crippen molar-refractivity contribution in [3.8, 4) is 28.5 Å². The SMILES string of the molecule is COc1cccc(-c2ccc3nnc(SCC(=O)Nc4cc(OC)ccc4OC)n3n2)c1. The van der Waals surface area contributed by atoms with E-state index in [1.165, 1.54) is 11.8 Å². The van der Waals surface area contributed by atoms with Crippen molar-refractivity contribution in [2.75, 3.05) is 32.4 Å². The van der Waals surface area contributed by atoms with Gasteiger partial charge in [-0.1, -0.05) is 23.9 Å². The first-order valence-corrected chi connectivity index (χ1v) is 10.6. The lowest BCUT2D eigenvalue weighted by molar-refractivity contribution is -0.113. The third kappa shape index (κ3) is 4.59. The van der Waals surface area contributed by atoms with Crippen molar-refractivity contribution < 1.29 is 19.0 Å². The number of nitrogens with one attached hydrogen (secondary N) is 1. The molecule has 32 heavy (non-hydrogen) atoms. The summed E-state index contributed by atoms with van der Waals surface area (Å²) in [6, 6.07) is 16.5. The number of thioether (sulfide) groups is 1. The van der Waals surface area contributed by atoms with Gasteiger partial charge in [0, 0.05) is 11.6 Å². The van der Waals surface area contributed by atoms with Crippen LogP contribution < -0.4 is 19.5 Å². The monoisotopic (exact) mass is 451 g/mol. The van der Waals surface area contributed by atoms with Crippen molar-refractivity contribution in [3.63, 3.8) is 0 Å². The van der Waals surface area contributed by atoms with Gasteiger partial charge in [-0.2, -0.15) is 9.61 Å². The van der Waals surface area contributed by atoms with E-state index in [0.29, 0.717) is 28.0 Å². The quantitative estimate of drug-likeness (QED) is 0.406. The number of aromatic nitrogens is 4. The van der Waals surface area contributed by atoms with E-state index in [-0.39, 0.29) is 11.7 Å². The van der Waals surface area contributed by atoms with E-state index in [9.17, 15) is 4.79 Å². The number of hydrogen-bond donors (Lipinski definition) is 1. The Morgan fingerprint density at radius 3 is 2.56 bits per heavy atom. The molecule has 0 fully saturated rings. The van der Waals surface area contributed by atoms with Gasteiger partial charge in [0.1, 0.15) is 17.2 Å². The van der Waals surface area contributed by atoms with Crippen molar-refractivity contribution in [3.05, 3.63) is 54.6 Å². The normalized spacial score (nSPS) is 10.7. The van der Waals surface area contributed by atoms with E-state index in [1.807, 2.05) is 36.4 Å². The molecule has 0 saturated carbocycles. The third-order valence-electron chi connectivity index (χ3n) is 4.61. The number of amides is 1. The smallest absolute Gasteiger partial charge is 0.234 e. The maximum Gasteiger partial charge on any atom is 0.234 e. The molecule has 2 heterocycles. The van der Waals surface area contributed by atoms with Crippen LogP contribution in [0.3, 0.4) is 0 Å². The van der Waals surface area contributed by atoms with Crippen LogP contribution in [0.15, 0.2) is 59.8 Å². The molecule has 164 valence electrons. The van der Waals surface area contributed by atoms with Gasteiger partial charge in [0.2, 0.25) is 11.1 Å². The van der Waals surface area contributed by atoms with Gasteiger partial charge in [0.05, 0.1) is 38.5 Å². The molecule has 1 amide bonds. The molecule has 4 aromatic rings. The minimum absolute atomic E-state index is 0.117. The minimum Gasteiger partial charge on any atom is -0.497 e. The Bertz CT molecular complexity index is 1260. The van der Waals surface area contributed by atoms with Crippen LogP contribution in [0, 0.1) is 0 Å². The van der Waals surface area contributed by atoms with E-state index < -0.39 is 0 Å². The van der Waals surface area contributed by atoms with Crippen molar-refractivity contribution in [2.24, 2.45) is 0 Å². The van der Waals surface area contributed by atoms with Gasteiger partial charge in [-0.05, 0) is 36.4 Å². The summed E-state index contributed by atoms with van der Waals surface area (Å²) in [6.07, 6.45) is 0. The summed E-state index contributed by atoms with van der Waals surface area (Å²) in [5.41, 5.74) is 2.76. The van der Waals surface area contributed by atoms with Crippen LogP contribution in [-0.4, -0.2) is 52.8 Å². The van der Waals surface area contributed by atoms with Gasteiger partial charge in [-0.15, -0.1) is 10.2 Å². The molecule has 2 aromatic heterocycles. The van der Waals surface area contributed by atoms with E-state index >= 15 is 0 Å².